The van der Waals surface area contributed by atoms with E-state index in [9.17, 15) is 4.79 Å². The third-order valence-electron chi connectivity index (χ3n) is 3.14. The van der Waals surface area contributed by atoms with Crippen molar-refractivity contribution in [3.05, 3.63) is 0 Å². The average molecular weight is 193 g/mol. The molecule has 0 aromatic rings. The van der Waals surface area contributed by atoms with E-state index in [4.69, 9.17) is 5.26 Å². The SMILES string of the molecule is CCCCCCC1C(=O)CCC1C#N. The Morgan fingerprint density at radius 3 is 2.86 bits per heavy atom. The molecule has 0 saturated heterocycles. The van der Waals surface area contributed by atoms with Crippen molar-refractivity contribution in [3.63, 3.8) is 0 Å². The molecule has 0 spiro atoms. The highest BCUT2D eigenvalue weighted by Gasteiger charge is 2.33. The molecule has 0 radical (unpaired) electrons. The minimum Gasteiger partial charge on any atom is -0.299 e. The first-order chi connectivity index (χ1) is 6.79. The zero-order valence-corrected chi connectivity index (χ0v) is 8.96. The van der Waals surface area contributed by atoms with E-state index in [-0.39, 0.29) is 11.8 Å². The van der Waals surface area contributed by atoms with Crippen molar-refractivity contribution in [1.82, 2.24) is 0 Å². The highest BCUT2D eigenvalue weighted by molar-refractivity contribution is 5.83. The zero-order valence-electron chi connectivity index (χ0n) is 8.96. The molecule has 1 fully saturated rings. The van der Waals surface area contributed by atoms with Crippen molar-refractivity contribution in [2.45, 2.75) is 51.9 Å². The fourth-order valence-corrected chi connectivity index (χ4v) is 2.22. The molecule has 1 rings (SSSR count). The van der Waals surface area contributed by atoms with Crippen molar-refractivity contribution in [2.75, 3.05) is 0 Å². The Morgan fingerprint density at radius 1 is 1.43 bits per heavy atom. The molecular formula is C12H19NO. The summed E-state index contributed by atoms with van der Waals surface area (Å²) in [4.78, 5) is 11.5. The van der Waals surface area contributed by atoms with Gasteiger partial charge in [0, 0.05) is 12.3 Å². The summed E-state index contributed by atoms with van der Waals surface area (Å²) >= 11 is 0. The molecule has 78 valence electrons. The van der Waals surface area contributed by atoms with Gasteiger partial charge in [0.2, 0.25) is 0 Å². The highest BCUT2D eigenvalue weighted by atomic mass is 16.1. The predicted octanol–water partition coefficient (Wildman–Crippen LogP) is 3.08. The van der Waals surface area contributed by atoms with E-state index in [0.29, 0.717) is 12.2 Å². The van der Waals surface area contributed by atoms with Gasteiger partial charge in [0.25, 0.3) is 0 Å². The molecule has 0 aromatic heterocycles. The summed E-state index contributed by atoms with van der Waals surface area (Å²) in [5.74, 6) is 0.411. The monoisotopic (exact) mass is 193 g/mol. The summed E-state index contributed by atoms with van der Waals surface area (Å²) in [7, 11) is 0. The van der Waals surface area contributed by atoms with Crippen LogP contribution in [0.3, 0.4) is 0 Å². The number of nitriles is 1. The number of nitrogens with zero attached hydrogens (tertiary/aromatic N) is 1. The Hall–Kier alpha value is -0.840. The maximum atomic E-state index is 11.5. The van der Waals surface area contributed by atoms with Gasteiger partial charge in [0.1, 0.15) is 5.78 Å². The van der Waals surface area contributed by atoms with E-state index in [0.717, 1.165) is 19.3 Å². The lowest BCUT2D eigenvalue weighted by atomic mass is 9.91. The van der Waals surface area contributed by atoms with Crippen LogP contribution in [0.4, 0.5) is 0 Å². The lowest BCUT2D eigenvalue weighted by Gasteiger charge is -2.10. The third kappa shape index (κ3) is 2.83. The molecule has 2 heteroatoms. The largest absolute Gasteiger partial charge is 0.299 e. The van der Waals surface area contributed by atoms with Crippen molar-refractivity contribution >= 4 is 5.78 Å². The number of unbranched alkanes of at least 4 members (excludes halogenated alkanes) is 3. The second-order valence-electron chi connectivity index (χ2n) is 4.20. The molecule has 2 atom stereocenters. The van der Waals surface area contributed by atoms with Gasteiger partial charge in [-0.1, -0.05) is 32.6 Å². The van der Waals surface area contributed by atoms with Gasteiger partial charge in [0.15, 0.2) is 0 Å². The van der Waals surface area contributed by atoms with Crippen LogP contribution in [0.1, 0.15) is 51.9 Å². The second-order valence-corrected chi connectivity index (χ2v) is 4.20. The normalized spacial score (nSPS) is 26.4. The van der Waals surface area contributed by atoms with Crippen LogP contribution in [0.15, 0.2) is 0 Å². The summed E-state index contributed by atoms with van der Waals surface area (Å²) < 4.78 is 0. The van der Waals surface area contributed by atoms with Crippen molar-refractivity contribution in [3.8, 4) is 6.07 Å². The molecular weight excluding hydrogens is 174 g/mol. The zero-order chi connectivity index (χ0) is 10.4. The summed E-state index contributed by atoms with van der Waals surface area (Å²) in [5.41, 5.74) is 0. The predicted molar refractivity (Wildman–Crippen MR) is 55.6 cm³/mol. The van der Waals surface area contributed by atoms with Gasteiger partial charge >= 0.3 is 0 Å². The average Bonchev–Trinajstić information content (AvgIpc) is 2.55. The van der Waals surface area contributed by atoms with E-state index < -0.39 is 0 Å². The fraction of sp³-hybridized carbons (Fsp3) is 0.833. The Balaban J connectivity index is 2.27. The van der Waals surface area contributed by atoms with E-state index in [1.165, 1.54) is 19.3 Å². The Kier molecular flexibility index (Phi) is 4.65. The van der Waals surface area contributed by atoms with Crippen molar-refractivity contribution in [1.29, 1.82) is 5.26 Å². The lowest BCUT2D eigenvalue weighted by molar-refractivity contribution is -0.121. The smallest absolute Gasteiger partial charge is 0.137 e. The summed E-state index contributed by atoms with van der Waals surface area (Å²) in [6.45, 7) is 2.18. The van der Waals surface area contributed by atoms with Gasteiger partial charge < -0.3 is 0 Å². The Morgan fingerprint density at radius 2 is 2.21 bits per heavy atom. The number of hydrogen-bond donors (Lipinski definition) is 0. The molecule has 0 heterocycles. The maximum Gasteiger partial charge on any atom is 0.137 e. The molecule has 0 amide bonds. The summed E-state index contributed by atoms with van der Waals surface area (Å²) in [6.07, 6.45) is 7.17. The molecule has 1 aliphatic rings. The summed E-state index contributed by atoms with van der Waals surface area (Å²) in [6, 6.07) is 2.26. The molecule has 0 aromatic carbocycles. The van der Waals surface area contributed by atoms with E-state index in [1.807, 2.05) is 0 Å². The van der Waals surface area contributed by atoms with Gasteiger partial charge in [-0.3, -0.25) is 4.79 Å². The molecule has 1 saturated carbocycles. The number of Topliss-reactive ketones (excluding diaryl/α,β-unsaturated/α-hetero) is 1. The van der Waals surface area contributed by atoms with Crippen molar-refractivity contribution < 1.29 is 4.79 Å². The molecule has 2 nitrogen and oxygen atoms in total. The first-order valence-corrected chi connectivity index (χ1v) is 5.72. The summed E-state index contributed by atoms with van der Waals surface area (Å²) in [5, 5.41) is 8.85. The van der Waals surface area contributed by atoms with E-state index >= 15 is 0 Å². The first kappa shape index (κ1) is 11.2. The number of ketones is 1. The standard InChI is InChI=1S/C12H19NO/c1-2-3-4-5-6-11-10(9-13)7-8-12(11)14/h10-11H,2-8H2,1H3. The van der Waals surface area contributed by atoms with Crippen LogP contribution in [0.2, 0.25) is 0 Å². The van der Waals surface area contributed by atoms with E-state index in [2.05, 4.69) is 13.0 Å². The van der Waals surface area contributed by atoms with Crippen LogP contribution < -0.4 is 0 Å². The highest BCUT2D eigenvalue weighted by Crippen LogP contribution is 2.32. The molecule has 14 heavy (non-hydrogen) atoms. The Labute approximate surface area is 86.3 Å². The molecule has 1 aliphatic carbocycles. The number of hydrogen-bond acceptors (Lipinski definition) is 2. The third-order valence-corrected chi connectivity index (χ3v) is 3.14. The molecule has 0 bridgehead atoms. The number of carbonyl (C=O) groups excluding carboxylic acids is 1. The van der Waals surface area contributed by atoms with Crippen LogP contribution in [0.5, 0.6) is 0 Å². The van der Waals surface area contributed by atoms with E-state index in [1.54, 1.807) is 0 Å². The van der Waals surface area contributed by atoms with Crippen LogP contribution in [-0.4, -0.2) is 5.78 Å². The lowest BCUT2D eigenvalue weighted by Crippen LogP contribution is -2.13. The Bertz CT molecular complexity index is 229. The van der Waals surface area contributed by atoms with Crippen LogP contribution >= 0.6 is 0 Å². The van der Waals surface area contributed by atoms with Crippen LogP contribution in [0, 0.1) is 23.2 Å². The van der Waals surface area contributed by atoms with Gasteiger partial charge in [-0.15, -0.1) is 0 Å². The number of carbonyl (C=O) groups is 1. The van der Waals surface area contributed by atoms with Gasteiger partial charge in [-0.25, -0.2) is 0 Å². The van der Waals surface area contributed by atoms with Gasteiger partial charge in [-0.2, -0.15) is 5.26 Å². The number of rotatable bonds is 5. The fourth-order valence-electron chi connectivity index (χ4n) is 2.22. The maximum absolute atomic E-state index is 11.5. The molecule has 2 unspecified atom stereocenters. The van der Waals surface area contributed by atoms with Gasteiger partial charge in [-0.05, 0) is 12.8 Å². The topological polar surface area (TPSA) is 40.9 Å². The minimum atomic E-state index is 0.0177. The van der Waals surface area contributed by atoms with Crippen molar-refractivity contribution in [2.24, 2.45) is 11.8 Å². The van der Waals surface area contributed by atoms with Crippen LogP contribution in [0.25, 0.3) is 0 Å². The molecule has 0 aliphatic heterocycles. The quantitative estimate of drug-likeness (QED) is 0.629. The van der Waals surface area contributed by atoms with Gasteiger partial charge in [0.05, 0.1) is 12.0 Å². The first-order valence-electron chi connectivity index (χ1n) is 5.72. The minimum absolute atomic E-state index is 0.0177. The molecule has 0 N–H and O–H groups in total. The second kappa shape index (κ2) is 5.80. The van der Waals surface area contributed by atoms with Crippen LogP contribution in [-0.2, 0) is 4.79 Å².